The second kappa shape index (κ2) is 7.20. The number of nitrogens with zero attached hydrogens (tertiary/aromatic N) is 2. The first-order valence-electron chi connectivity index (χ1n) is 6.34. The number of likely N-dealkylation sites (tertiary alicyclic amines) is 1. The van der Waals surface area contributed by atoms with Crippen molar-refractivity contribution in [1.82, 2.24) is 9.80 Å². The number of hydrogen-bond donors (Lipinski definition) is 1. The van der Waals surface area contributed by atoms with E-state index >= 15 is 0 Å². The monoisotopic (exact) mass is 243 g/mol. The highest BCUT2D eigenvalue weighted by Gasteiger charge is 2.13. The molecule has 0 aromatic rings. The summed E-state index contributed by atoms with van der Waals surface area (Å²) in [6, 6.07) is 0.528. The van der Waals surface area contributed by atoms with Gasteiger partial charge in [0.2, 0.25) is 0 Å². The summed E-state index contributed by atoms with van der Waals surface area (Å²) in [5, 5.41) is 0. The highest BCUT2D eigenvalue weighted by atomic mass is 32.1. The molecular weight excluding hydrogens is 218 g/mol. The van der Waals surface area contributed by atoms with E-state index in [1.807, 2.05) is 0 Å². The Morgan fingerprint density at radius 2 is 2.00 bits per heavy atom. The van der Waals surface area contributed by atoms with Crippen LogP contribution in [0.4, 0.5) is 0 Å². The minimum atomic E-state index is 0.528. The maximum atomic E-state index is 5.60. The quantitative estimate of drug-likeness (QED) is 0.686. The summed E-state index contributed by atoms with van der Waals surface area (Å²) in [6.45, 7) is 10.1. The minimum Gasteiger partial charge on any atom is -0.392 e. The van der Waals surface area contributed by atoms with E-state index in [4.69, 9.17) is 18.0 Å². The lowest BCUT2D eigenvalue weighted by Gasteiger charge is -2.26. The van der Waals surface area contributed by atoms with Crippen molar-refractivity contribution >= 4 is 17.2 Å². The molecule has 3 nitrogen and oxygen atoms in total. The molecule has 0 aromatic heterocycles. The molecule has 0 saturated carbocycles. The highest BCUT2D eigenvalue weighted by Crippen LogP contribution is 2.08. The van der Waals surface area contributed by atoms with Crippen molar-refractivity contribution < 1.29 is 0 Å². The van der Waals surface area contributed by atoms with Gasteiger partial charge in [0.25, 0.3) is 0 Å². The Labute approximate surface area is 105 Å². The number of hydrogen-bond acceptors (Lipinski definition) is 3. The van der Waals surface area contributed by atoms with E-state index in [1.54, 1.807) is 0 Å². The Balaban J connectivity index is 2.18. The molecule has 1 fully saturated rings. The molecule has 2 N–H and O–H groups in total. The number of nitrogens with two attached hydrogens (primary N) is 1. The molecule has 16 heavy (non-hydrogen) atoms. The Hall–Kier alpha value is -0.190. The number of thiocarbonyl (C=S) groups is 1. The van der Waals surface area contributed by atoms with Gasteiger partial charge in [0.05, 0.1) is 4.99 Å². The van der Waals surface area contributed by atoms with Crippen LogP contribution in [0.15, 0.2) is 0 Å². The van der Waals surface area contributed by atoms with Crippen LogP contribution in [0.25, 0.3) is 0 Å². The zero-order valence-corrected chi connectivity index (χ0v) is 11.4. The molecule has 94 valence electrons. The van der Waals surface area contributed by atoms with Gasteiger partial charge in [-0.05, 0) is 52.7 Å². The van der Waals surface area contributed by atoms with E-state index in [-0.39, 0.29) is 0 Å². The molecule has 0 atom stereocenters. The second-order valence-corrected chi connectivity index (χ2v) is 5.46. The van der Waals surface area contributed by atoms with Gasteiger partial charge in [0, 0.05) is 19.1 Å². The molecular formula is C12H25N3S. The number of rotatable bonds is 7. The summed E-state index contributed by atoms with van der Waals surface area (Å²) in [7, 11) is 0. The van der Waals surface area contributed by atoms with Crippen molar-refractivity contribution in [2.75, 3.05) is 32.7 Å². The van der Waals surface area contributed by atoms with Gasteiger partial charge in [0.15, 0.2) is 0 Å². The van der Waals surface area contributed by atoms with Gasteiger partial charge < -0.3 is 10.6 Å². The molecule has 1 aliphatic rings. The third-order valence-corrected chi connectivity index (χ3v) is 3.34. The smallest absolute Gasteiger partial charge is 0.0870 e. The van der Waals surface area contributed by atoms with Crippen LogP contribution in [0.2, 0.25) is 0 Å². The maximum absolute atomic E-state index is 5.60. The van der Waals surface area contributed by atoms with E-state index < -0.39 is 0 Å². The summed E-state index contributed by atoms with van der Waals surface area (Å²) >= 11 is 4.97. The first kappa shape index (κ1) is 13.9. The standard InChI is InChI=1S/C12H25N3S/c1-11(2)15(10-12(13)16)9-5-8-14-6-3-4-7-14/h11H,3-10H2,1-2H3,(H2,13,16). The van der Waals surface area contributed by atoms with Crippen LogP contribution in [-0.4, -0.2) is 53.6 Å². The molecule has 0 radical (unpaired) electrons. The van der Waals surface area contributed by atoms with Crippen LogP contribution < -0.4 is 5.73 Å². The fourth-order valence-electron chi connectivity index (χ4n) is 2.22. The Morgan fingerprint density at radius 1 is 1.38 bits per heavy atom. The largest absolute Gasteiger partial charge is 0.392 e. The second-order valence-electron chi connectivity index (χ2n) is 4.93. The molecule has 0 amide bonds. The summed E-state index contributed by atoms with van der Waals surface area (Å²) in [6.07, 6.45) is 3.97. The molecule has 0 aromatic carbocycles. The van der Waals surface area contributed by atoms with E-state index in [0.717, 1.165) is 13.1 Å². The minimum absolute atomic E-state index is 0.528. The average Bonchev–Trinajstić information content (AvgIpc) is 2.68. The lowest BCUT2D eigenvalue weighted by atomic mass is 10.2. The molecule has 1 rings (SSSR count). The third-order valence-electron chi connectivity index (χ3n) is 3.21. The van der Waals surface area contributed by atoms with Crippen LogP contribution in [0.3, 0.4) is 0 Å². The van der Waals surface area contributed by atoms with Crippen molar-refractivity contribution in [3.8, 4) is 0 Å². The molecule has 4 heteroatoms. The zero-order chi connectivity index (χ0) is 12.0. The van der Waals surface area contributed by atoms with Crippen molar-refractivity contribution in [1.29, 1.82) is 0 Å². The summed E-state index contributed by atoms with van der Waals surface area (Å²) in [4.78, 5) is 5.52. The molecule has 1 aliphatic heterocycles. The van der Waals surface area contributed by atoms with Gasteiger partial charge >= 0.3 is 0 Å². The molecule has 0 bridgehead atoms. The maximum Gasteiger partial charge on any atom is 0.0870 e. The predicted molar refractivity (Wildman–Crippen MR) is 73.8 cm³/mol. The average molecular weight is 243 g/mol. The van der Waals surface area contributed by atoms with E-state index in [9.17, 15) is 0 Å². The SMILES string of the molecule is CC(C)N(CCCN1CCCC1)CC(N)=S. The van der Waals surface area contributed by atoms with Crippen LogP contribution in [-0.2, 0) is 0 Å². The summed E-state index contributed by atoms with van der Waals surface area (Å²) < 4.78 is 0. The normalized spacial score (nSPS) is 17.5. The first-order valence-corrected chi connectivity index (χ1v) is 6.75. The predicted octanol–water partition coefficient (Wildman–Crippen LogP) is 1.47. The van der Waals surface area contributed by atoms with Crippen LogP contribution in [0, 0.1) is 0 Å². The molecule has 0 spiro atoms. The van der Waals surface area contributed by atoms with E-state index in [2.05, 4.69) is 23.6 Å². The fraction of sp³-hybridized carbons (Fsp3) is 0.917. The highest BCUT2D eigenvalue weighted by molar-refractivity contribution is 7.80. The van der Waals surface area contributed by atoms with Gasteiger partial charge in [-0.3, -0.25) is 4.90 Å². The molecule has 1 heterocycles. The zero-order valence-electron chi connectivity index (χ0n) is 10.6. The third kappa shape index (κ3) is 5.23. The Kier molecular flexibility index (Phi) is 6.24. The van der Waals surface area contributed by atoms with Crippen molar-refractivity contribution in [2.24, 2.45) is 5.73 Å². The van der Waals surface area contributed by atoms with Crippen LogP contribution >= 0.6 is 12.2 Å². The van der Waals surface area contributed by atoms with Crippen molar-refractivity contribution in [2.45, 2.75) is 39.2 Å². The van der Waals surface area contributed by atoms with Gasteiger partial charge in [0.1, 0.15) is 0 Å². The van der Waals surface area contributed by atoms with E-state index in [1.165, 1.54) is 38.9 Å². The topological polar surface area (TPSA) is 32.5 Å². The van der Waals surface area contributed by atoms with Crippen molar-refractivity contribution in [3.05, 3.63) is 0 Å². The van der Waals surface area contributed by atoms with Crippen LogP contribution in [0.1, 0.15) is 33.1 Å². The summed E-state index contributed by atoms with van der Waals surface area (Å²) in [5.41, 5.74) is 5.60. The molecule has 1 saturated heterocycles. The van der Waals surface area contributed by atoms with Crippen molar-refractivity contribution in [3.63, 3.8) is 0 Å². The first-order chi connectivity index (χ1) is 7.59. The lowest BCUT2D eigenvalue weighted by molar-refractivity contribution is 0.230. The van der Waals surface area contributed by atoms with Gasteiger partial charge in [-0.15, -0.1) is 0 Å². The molecule has 0 unspecified atom stereocenters. The Morgan fingerprint density at radius 3 is 2.50 bits per heavy atom. The fourth-order valence-corrected chi connectivity index (χ4v) is 2.39. The summed E-state index contributed by atoms with van der Waals surface area (Å²) in [5.74, 6) is 0. The Bertz CT molecular complexity index is 212. The van der Waals surface area contributed by atoms with Crippen LogP contribution in [0.5, 0.6) is 0 Å². The van der Waals surface area contributed by atoms with E-state index in [0.29, 0.717) is 11.0 Å². The lowest BCUT2D eigenvalue weighted by Crippen LogP contribution is -2.39. The van der Waals surface area contributed by atoms with Gasteiger partial charge in [-0.2, -0.15) is 0 Å². The molecule has 0 aliphatic carbocycles. The van der Waals surface area contributed by atoms with Gasteiger partial charge in [-0.25, -0.2) is 0 Å². The van der Waals surface area contributed by atoms with Gasteiger partial charge in [-0.1, -0.05) is 12.2 Å².